The third-order valence-corrected chi connectivity index (χ3v) is 3.54. The molecule has 0 unspecified atom stereocenters. The average Bonchev–Trinajstić information content (AvgIpc) is 2.17. The van der Waals surface area contributed by atoms with E-state index in [2.05, 4.69) is 49.9 Å². The van der Waals surface area contributed by atoms with Crippen LogP contribution in [-0.2, 0) is 5.75 Å². The van der Waals surface area contributed by atoms with E-state index in [1.165, 1.54) is 5.56 Å². The number of thioether (sulfide) groups is 1. The first-order chi connectivity index (χ1) is 6.14. The van der Waals surface area contributed by atoms with Crippen LogP contribution in [0.2, 0.25) is 0 Å². The lowest BCUT2D eigenvalue weighted by molar-refractivity contribution is -0.372. The van der Waals surface area contributed by atoms with Crippen LogP contribution in [-0.4, -0.2) is 11.3 Å². The van der Waals surface area contributed by atoms with Crippen molar-refractivity contribution in [3.63, 3.8) is 0 Å². The van der Waals surface area contributed by atoms with E-state index in [1.807, 2.05) is 11.8 Å². The summed E-state index contributed by atoms with van der Waals surface area (Å²) in [4.78, 5) is 0. The Labute approximate surface area is 84.7 Å². The van der Waals surface area contributed by atoms with Gasteiger partial charge in [0.15, 0.2) is 0 Å². The van der Waals surface area contributed by atoms with Crippen LogP contribution in [0.4, 0.5) is 0 Å². The van der Waals surface area contributed by atoms with Crippen molar-refractivity contribution in [2.24, 2.45) is 0 Å². The van der Waals surface area contributed by atoms with Gasteiger partial charge in [0.1, 0.15) is 0 Å². The van der Waals surface area contributed by atoms with Gasteiger partial charge in [-0.1, -0.05) is 30.3 Å². The highest BCUT2D eigenvalue weighted by Crippen LogP contribution is 2.26. The summed E-state index contributed by atoms with van der Waals surface area (Å²) in [6.45, 7) is 5.46. The van der Waals surface area contributed by atoms with Crippen LogP contribution in [0.5, 0.6) is 0 Å². The van der Waals surface area contributed by atoms with E-state index in [0.717, 1.165) is 12.3 Å². The second-order valence-electron chi connectivity index (χ2n) is 3.78. The molecular weight excluding hydrogens is 178 g/mol. The van der Waals surface area contributed by atoms with Gasteiger partial charge in [0.05, 0.1) is 11.3 Å². The molecule has 0 aromatic heterocycles. The van der Waals surface area contributed by atoms with Crippen LogP contribution >= 0.6 is 11.8 Å². The molecule has 72 valence electrons. The maximum atomic E-state index is 3.95. The molecule has 0 spiro atoms. The zero-order chi connectivity index (χ0) is 9.73. The minimum atomic E-state index is 0.301. The molecule has 0 aliphatic heterocycles. The van der Waals surface area contributed by atoms with E-state index < -0.39 is 0 Å². The first kappa shape index (κ1) is 10.6. The molecule has 0 aliphatic rings. The van der Waals surface area contributed by atoms with Gasteiger partial charge in [-0.2, -0.15) is 0 Å². The fraction of sp³-hybridized carbons (Fsp3) is 0.455. The summed E-state index contributed by atoms with van der Waals surface area (Å²) in [5.74, 6) is 1.09. The zero-order valence-electron chi connectivity index (χ0n) is 8.42. The maximum absolute atomic E-state index is 3.95. The molecule has 13 heavy (non-hydrogen) atoms. The smallest absolute Gasteiger partial charge is 0.0883 e. The largest absolute Gasteiger partial charge is 0.356 e. The number of benzene rings is 1. The van der Waals surface area contributed by atoms with Crippen molar-refractivity contribution < 1.29 is 5.73 Å². The zero-order valence-corrected chi connectivity index (χ0v) is 9.23. The SMILES string of the molecule is CC(C)(C[NH3+])SCc1ccccc1. The minimum Gasteiger partial charge on any atom is -0.356 e. The van der Waals surface area contributed by atoms with Gasteiger partial charge in [-0.15, -0.1) is 11.8 Å². The van der Waals surface area contributed by atoms with E-state index in [4.69, 9.17) is 0 Å². The lowest BCUT2D eigenvalue weighted by Gasteiger charge is -2.19. The van der Waals surface area contributed by atoms with Crippen LogP contribution in [0.25, 0.3) is 0 Å². The van der Waals surface area contributed by atoms with Crippen LogP contribution in [0, 0.1) is 0 Å². The van der Waals surface area contributed by atoms with Crippen molar-refractivity contribution in [1.29, 1.82) is 0 Å². The van der Waals surface area contributed by atoms with Crippen molar-refractivity contribution in [1.82, 2.24) is 0 Å². The van der Waals surface area contributed by atoms with Gasteiger partial charge in [-0.3, -0.25) is 0 Å². The van der Waals surface area contributed by atoms with Crippen molar-refractivity contribution >= 4 is 11.8 Å². The van der Waals surface area contributed by atoms with Crippen molar-refractivity contribution in [3.8, 4) is 0 Å². The topological polar surface area (TPSA) is 27.6 Å². The lowest BCUT2D eigenvalue weighted by atomic mass is 10.2. The van der Waals surface area contributed by atoms with Crippen molar-refractivity contribution in [2.75, 3.05) is 6.54 Å². The molecule has 3 N–H and O–H groups in total. The Morgan fingerprint density at radius 1 is 1.23 bits per heavy atom. The summed E-state index contributed by atoms with van der Waals surface area (Å²) in [5.41, 5.74) is 5.35. The molecule has 0 saturated carbocycles. The molecule has 0 atom stereocenters. The molecule has 2 heteroatoms. The standard InChI is InChI=1S/C11H17NS/c1-11(2,9-12)13-8-10-6-4-3-5-7-10/h3-7H,8-9,12H2,1-2H3/p+1. The number of quaternary nitrogens is 1. The van der Waals surface area contributed by atoms with E-state index >= 15 is 0 Å². The Kier molecular flexibility index (Phi) is 3.82. The van der Waals surface area contributed by atoms with Gasteiger partial charge in [-0.05, 0) is 19.4 Å². The summed E-state index contributed by atoms with van der Waals surface area (Å²) < 4.78 is 0.301. The predicted octanol–water partition coefficient (Wildman–Crippen LogP) is 1.94. The molecule has 0 fully saturated rings. The average molecular weight is 196 g/mol. The fourth-order valence-electron chi connectivity index (χ4n) is 0.925. The Balaban J connectivity index is 2.44. The predicted molar refractivity (Wildman–Crippen MR) is 59.6 cm³/mol. The first-order valence-electron chi connectivity index (χ1n) is 4.61. The highest BCUT2D eigenvalue weighted by Gasteiger charge is 2.17. The Morgan fingerprint density at radius 3 is 2.38 bits per heavy atom. The second-order valence-corrected chi connectivity index (χ2v) is 5.47. The van der Waals surface area contributed by atoms with Crippen molar-refractivity contribution in [2.45, 2.75) is 24.3 Å². The summed E-state index contributed by atoms with van der Waals surface area (Å²) in [6, 6.07) is 10.6. The van der Waals surface area contributed by atoms with Gasteiger partial charge in [-0.25, -0.2) is 0 Å². The summed E-state index contributed by atoms with van der Waals surface area (Å²) in [5, 5.41) is 0. The molecule has 0 radical (unpaired) electrons. The summed E-state index contributed by atoms with van der Waals surface area (Å²) >= 11 is 1.97. The van der Waals surface area contributed by atoms with Gasteiger partial charge in [0.25, 0.3) is 0 Å². The fourth-order valence-corrected chi connectivity index (χ4v) is 1.82. The Hall–Kier alpha value is -0.470. The van der Waals surface area contributed by atoms with Gasteiger partial charge >= 0.3 is 0 Å². The van der Waals surface area contributed by atoms with Crippen LogP contribution in [0.1, 0.15) is 19.4 Å². The van der Waals surface area contributed by atoms with Crippen LogP contribution in [0.3, 0.4) is 0 Å². The molecule has 1 aromatic rings. The lowest BCUT2D eigenvalue weighted by Crippen LogP contribution is -2.58. The van der Waals surface area contributed by atoms with E-state index in [1.54, 1.807) is 0 Å². The molecule has 1 nitrogen and oxygen atoms in total. The Bertz CT molecular complexity index is 244. The molecule has 0 heterocycles. The molecular formula is C11H18NS+. The molecule has 0 bridgehead atoms. The third kappa shape index (κ3) is 3.83. The van der Waals surface area contributed by atoms with Gasteiger partial charge in [0, 0.05) is 5.75 Å². The number of hydrogen-bond donors (Lipinski definition) is 1. The molecule has 0 saturated heterocycles. The summed E-state index contributed by atoms with van der Waals surface area (Å²) in [7, 11) is 0. The monoisotopic (exact) mass is 196 g/mol. The molecule has 1 rings (SSSR count). The Morgan fingerprint density at radius 2 is 1.85 bits per heavy atom. The highest BCUT2D eigenvalue weighted by molar-refractivity contribution is 7.99. The first-order valence-corrected chi connectivity index (χ1v) is 5.60. The van der Waals surface area contributed by atoms with E-state index in [9.17, 15) is 0 Å². The molecule has 1 aromatic carbocycles. The van der Waals surface area contributed by atoms with Gasteiger partial charge < -0.3 is 5.73 Å². The highest BCUT2D eigenvalue weighted by atomic mass is 32.2. The van der Waals surface area contributed by atoms with Crippen molar-refractivity contribution in [3.05, 3.63) is 35.9 Å². The minimum absolute atomic E-state index is 0.301. The third-order valence-electron chi connectivity index (χ3n) is 2.07. The second kappa shape index (κ2) is 4.68. The normalized spacial score (nSPS) is 11.6. The van der Waals surface area contributed by atoms with Crippen LogP contribution in [0.15, 0.2) is 30.3 Å². The van der Waals surface area contributed by atoms with Crippen LogP contribution < -0.4 is 5.73 Å². The number of hydrogen-bond acceptors (Lipinski definition) is 1. The molecule has 0 aliphatic carbocycles. The molecule has 0 amide bonds. The quantitative estimate of drug-likeness (QED) is 0.783. The van der Waals surface area contributed by atoms with E-state index in [-0.39, 0.29) is 0 Å². The maximum Gasteiger partial charge on any atom is 0.0883 e. The summed E-state index contributed by atoms with van der Waals surface area (Å²) in [6.07, 6.45) is 0. The van der Waals surface area contributed by atoms with E-state index in [0.29, 0.717) is 4.75 Å². The van der Waals surface area contributed by atoms with Gasteiger partial charge in [0.2, 0.25) is 0 Å². The number of rotatable bonds is 4.